The van der Waals surface area contributed by atoms with E-state index in [9.17, 15) is 29.1 Å². The summed E-state index contributed by atoms with van der Waals surface area (Å²) in [4.78, 5) is 66.9. The molecular formula is C32H28N2O10. The van der Waals surface area contributed by atoms with Gasteiger partial charge in [0, 0.05) is 6.20 Å². The van der Waals surface area contributed by atoms with Gasteiger partial charge in [0.1, 0.15) is 12.7 Å². The van der Waals surface area contributed by atoms with Crippen LogP contribution in [0, 0.1) is 0 Å². The SMILES string of the molecule is C[C@@]1(OC(=O)c2ccccc2)[C@H](OC(=O)c2ccccc2)[C@@H](COC(=O)c2ccccc2)O[C@H]1n1cc(CO)c(=O)[nH]c1=O. The number of aromatic amines is 1. The van der Waals surface area contributed by atoms with Crippen LogP contribution in [0.5, 0.6) is 0 Å². The Balaban J connectivity index is 1.58. The summed E-state index contributed by atoms with van der Waals surface area (Å²) in [5, 5.41) is 9.71. The van der Waals surface area contributed by atoms with E-state index in [2.05, 4.69) is 4.98 Å². The van der Waals surface area contributed by atoms with Gasteiger partial charge in [-0.25, -0.2) is 19.2 Å². The summed E-state index contributed by atoms with van der Waals surface area (Å²) in [6.07, 6.45) is -3.15. The lowest BCUT2D eigenvalue weighted by Gasteiger charge is -2.34. The number of nitrogens with one attached hydrogen (secondary N) is 1. The molecule has 0 unspecified atom stereocenters. The van der Waals surface area contributed by atoms with Crippen LogP contribution in [-0.2, 0) is 25.6 Å². The molecule has 1 aliphatic heterocycles. The molecule has 0 amide bonds. The molecule has 0 radical (unpaired) electrons. The van der Waals surface area contributed by atoms with Crippen molar-refractivity contribution in [3.05, 3.63) is 140 Å². The fourth-order valence-electron chi connectivity index (χ4n) is 4.87. The van der Waals surface area contributed by atoms with Gasteiger partial charge in [-0.05, 0) is 43.3 Å². The maximum atomic E-state index is 13.4. The van der Waals surface area contributed by atoms with Crippen molar-refractivity contribution in [2.75, 3.05) is 6.61 Å². The largest absolute Gasteiger partial charge is 0.459 e. The highest BCUT2D eigenvalue weighted by atomic mass is 16.7. The zero-order valence-corrected chi connectivity index (χ0v) is 23.5. The molecule has 44 heavy (non-hydrogen) atoms. The number of rotatable bonds is 9. The minimum atomic E-state index is -1.93. The second-order valence-corrected chi connectivity index (χ2v) is 10.1. The average molecular weight is 601 g/mol. The van der Waals surface area contributed by atoms with Gasteiger partial charge in [-0.2, -0.15) is 0 Å². The first-order chi connectivity index (χ1) is 21.2. The molecule has 0 spiro atoms. The summed E-state index contributed by atoms with van der Waals surface area (Å²) in [5.41, 5.74) is -3.30. The maximum absolute atomic E-state index is 13.4. The van der Waals surface area contributed by atoms with Crippen molar-refractivity contribution in [2.24, 2.45) is 0 Å². The lowest BCUT2D eigenvalue weighted by Crippen LogP contribution is -2.52. The molecule has 0 bridgehead atoms. The number of benzene rings is 3. The van der Waals surface area contributed by atoms with Crippen LogP contribution >= 0.6 is 0 Å². The monoisotopic (exact) mass is 600 g/mol. The lowest BCUT2D eigenvalue weighted by molar-refractivity contribution is -0.111. The van der Waals surface area contributed by atoms with Crippen molar-refractivity contribution in [2.45, 2.75) is 37.6 Å². The van der Waals surface area contributed by atoms with Crippen LogP contribution in [0.3, 0.4) is 0 Å². The molecule has 1 saturated heterocycles. The van der Waals surface area contributed by atoms with Crippen molar-refractivity contribution in [1.29, 1.82) is 0 Å². The number of hydrogen-bond acceptors (Lipinski definition) is 10. The number of esters is 3. The number of nitrogens with zero attached hydrogens (tertiary/aromatic N) is 1. The van der Waals surface area contributed by atoms with E-state index in [1.807, 2.05) is 0 Å². The number of carbonyl (C=O) groups excluding carboxylic acids is 3. The Labute approximate surface area is 250 Å². The topological polar surface area (TPSA) is 163 Å². The van der Waals surface area contributed by atoms with Crippen LogP contribution in [0.4, 0.5) is 0 Å². The normalized spacial score (nSPS) is 20.9. The number of hydrogen-bond donors (Lipinski definition) is 2. The van der Waals surface area contributed by atoms with Gasteiger partial charge in [-0.3, -0.25) is 14.3 Å². The van der Waals surface area contributed by atoms with Gasteiger partial charge in [-0.15, -0.1) is 0 Å². The van der Waals surface area contributed by atoms with E-state index in [1.165, 1.54) is 31.2 Å². The lowest BCUT2D eigenvalue weighted by atomic mass is 9.95. The first-order valence-corrected chi connectivity index (χ1v) is 13.6. The molecule has 12 nitrogen and oxygen atoms in total. The van der Waals surface area contributed by atoms with Crippen LogP contribution in [0.1, 0.15) is 49.8 Å². The van der Waals surface area contributed by atoms with Gasteiger partial charge in [-0.1, -0.05) is 54.6 Å². The van der Waals surface area contributed by atoms with Gasteiger partial charge >= 0.3 is 23.6 Å². The van der Waals surface area contributed by atoms with Gasteiger partial charge in [0.15, 0.2) is 17.9 Å². The minimum absolute atomic E-state index is 0.157. The van der Waals surface area contributed by atoms with E-state index in [-0.39, 0.29) is 22.3 Å². The van der Waals surface area contributed by atoms with Crippen LogP contribution in [0.2, 0.25) is 0 Å². The molecule has 2 heterocycles. The molecule has 4 aromatic rings. The zero-order valence-electron chi connectivity index (χ0n) is 23.5. The van der Waals surface area contributed by atoms with Crippen molar-refractivity contribution >= 4 is 17.9 Å². The van der Waals surface area contributed by atoms with E-state index in [1.54, 1.807) is 66.7 Å². The molecular weight excluding hydrogens is 572 g/mol. The van der Waals surface area contributed by atoms with Crippen molar-refractivity contribution in [3.63, 3.8) is 0 Å². The molecule has 5 rings (SSSR count). The summed E-state index contributed by atoms with van der Waals surface area (Å²) < 4.78 is 24.5. The second kappa shape index (κ2) is 12.9. The average Bonchev–Trinajstić information content (AvgIpc) is 3.31. The summed E-state index contributed by atoms with van der Waals surface area (Å²) >= 11 is 0. The Bertz CT molecular complexity index is 1750. The standard InChI is InChI=1S/C32H28N2O10/c1-32(44-29(39)22-15-9-4-10-16-22)25(43-28(38)21-13-7-3-8-14-21)24(19-41-27(37)20-11-5-2-6-12-20)42-30(32)34-17-23(18-35)26(36)33-31(34)40/h2-17,24-25,30,35H,18-19H2,1H3,(H,33,36,40)/t24-,25-,30-,32-/m1/s1. The molecule has 4 atom stereocenters. The summed E-state index contributed by atoms with van der Waals surface area (Å²) in [5.74, 6) is -2.33. The second-order valence-electron chi connectivity index (χ2n) is 10.1. The third-order valence-electron chi connectivity index (χ3n) is 7.11. The van der Waals surface area contributed by atoms with Crippen LogP contribution < -0.4 is 11.2 Å². The van der Waals surface area contributed by atoms with E-state index < -0.39 is 66.4 Å². The maximum Gasteiger partial charge on any atom is 0.338 e. The molecule has 1 aliphatic rings. The third kappa shape index (κ3) is 6.21. The highest BCUT2D eigenvalue weighted by molar-refractivity contribution is 5.91. The Morgan fingerprint density at radius 1 is 0.841 bits per heavy atom. The quantitative estimate of drug-likeness (QED) is 0.216. The van der Waals surface area contributed by atoms with E-state index >= 15 is 0 Å². The number of aliphatic hydroxyl groups excluding tert-OH is 1. The zero-order chi connectivity index (χ0) is 31.3. The Morgan fingerprint density at radius 3 is 1.91 bits per heavy atom. The Morgan fingerprint density at radius 2 is 1.36 bits per heavy atom. The number of ether oxygens (including phenoxy) is 4. The van der Waals surface area contributed by atoms with Gasteiger partial charge in [0.05, 0.1) is 28.9 Å². The highest BCUT2D eigenvalue weighted by Gasteiger charge is 2.60. The number of aromatic nitrogens is 2. The molecule has 0 saturated carbocycles. The Hall–Kier alpha value is -5.33. The number of aliphatic hydroxyl groups is 1. The smallest absolute Gasteiger partial charge is 0.338 e. The first-order valence-electron chi connectivity index (χ1n) is 13.6. The predicted molar refractivity (Wildman–Crippen MR) is 154 cm³/mol. The molecule has 1 fully saturated rings. The summed E-state index contributed by atoms with van der Waals surface area (Å²) in [7, 11) is 0. The van der Waals surface area contributed by atoms with Crippen LogP contribution in [0.25, 0.3) is 0 Å². The molecule has 226 valence electrons. The van der Waals surface area contributed by atoms with Crippen molar-refractivity contribution < 1.29 is 38.4 Å². The Kier molecular flexibility index (Phi) is 8.83. The first kappa shape index (κ1) is 30.1. The molecule has 2 N–H and O–H groups in total. The molecule has 0 aliphatic carbocycles. The number of H-pyrrole nitrogens is 1. The van der Waals surface area contributed by atoms with E-state index in [0.717, 1.165) is 10.8 Å². The fourth-order valence-corrected chi connectivity index (χ4v) is 4.87. The van der Waals surface area contributed by atoms with Crippen molar-refractivity contribution in [3.8, 4) is 0 Å². The van der Waals surface area contributed by atoms with E-state index in [0.29, 0.717) is 0 Å². The van der Waals surface area contributed by atoms with Crippen molar-refractivity contribution in [1.82, 2.24) is 9.55 Å². The fraction of sp³-hybridized carbons (Fsp3) is 0.219. The minimum Gasteiger partial charge on any atom is -0.459 e. The third-order valence-corrected chi connectivity index (χ3v) is 7.11. The number of carbonyl (C=O) groups is 3. The summed E-state index contributed by atoms with van der Waals surface area (Å²) in [6.45, 7) is 0.213. The van der Waals surface area contributed by atoms with Crippen LogP contribution in [0.15, 0.2) is 107 Å². The van der Waals surface area contributed by atoms with Gasteiger partial charge < -0.3 is 24.1 Å². The molecule has 1 aromatic heterocycles. The van der Waals surface area contributed by atoms with Gasteiger partial charge in [0.25, 0.3) is 5.56 Å². The van der Waals surface area contributed by atoms with Crippen LogP contribution in [-0.4, -0.2) is 57.0 Å². The molecule has 3 aromatic carbocycles. The van der Waals surface area contributed by atoms with Gasteiger partial charge in [0.2, 0.25) is 0 Å². The molecule has 12 heteroatoms. The summed E-state index contributed by atoms with van der Waals surface area (Å²) in [6, 6.07) is 24.1. The van der Waals surface area contributed by atoms with E-state index in [4.69, 9.17) is 18.9 Å². The predicted octanol–water partition coefficient (Wildman–Crippen LogP) is 2.62. The highest BCUT2D eigenvalue weighted by Crippen LogP contribution is 2.43.